The van der Waals surface area contributed by atoms with Gasteiger partial charge in [-0.15, -0.1) is 22.7 Å². The zero-order valence-electron chi connectivity index (χ0n) is 7.08. The summed E-state index contributed by atoms with van der Waals surface area (Å²) in [6.07, 6.45) is 6.53. The van der Waals surface area contributed by atoms with Gasteiger partial charge in [0.25, 0.3) is 0 Å². The minimum absolute atomic E-state index is 0.0739. The van der Waals surface area contributed by atoms with Crippen LogP contribution in [0.15, 0.2) is 29.2 Å². The number of nitrogens with zero attached hydrogens (tertiary/aromatic N) is 2. The summed E-state index contributed by atoms with van der Waals surface area (Å²) < 4.78 is 0. The van der Waals surface area contributed by atoms with E-state index in [1.165, 1.54) is 28.7 Å². The Labute approximate surface area is 88.8 Å². The minimum Gasteiger partial charge on any atom is -0.287 e. The highest BCUT2D eigenvalue weighted by atomic mass is 32.1. The Balaban J connectivity index is 2.09. The fourth-order valence-corrected chi connectivity index (χ4v) is 1.97. The zero-order chi connectivity index (χ0) is 9.80. The van der Waals surface area contributed by atoms with Gasteiger partial charge in [-0.2, -0.15) is 0 Å². The fourth-order valence-electron chi connectivity index (χ4n) is 0.880. The molecule has 0 saturated heterocycles. The van der Waals surface area contributed by atoms with Crippen LogP contribution < -0.4 is 0 Å². The van der Waals surface area contributed by atoms with Crippen molar-refractivity contribution in [3.63, 3.8) is 0 Å². The lowest BCUT2D eigenvalue weighted by atomic mass is 10.3. The Morgan fingerprint density at radius 2 is 2.00 bits per heavy atom. The van der Waals surface area contributed by atoms with Gasteiger partial charge in [-0.25, -0.2) is 9.97 Å². The van der Waals surface area contributed by atoms with Crippen LogP contribution in [-0.4, -0.2) is 15.8 Å². The molecule has 70 valence electrons. The minimum atomic E-state index is -0.0739. The molecular weight excluding hydrogens is 216 g/mol. The lowest BCUT2D eigenvalue weighted by Gasteiger charge is -1.85. The molecule has 0 spiro atoms. The predicted molar refractivity (Wildman–Crippen MR) is 57.6 cm³/mol. The van der Waals surface area contributed by atoms with Crippen molar-refractivity contribution in [1.29, 1.82) is 0 Å². The van der Waals surface area contributed by atoms with E-state index in [1.807, 2.05) is 5.38 Å². The second kappa shape index (κ2) is 4.26. The highest BCUT2D eigenvalue weighted by Crippen LogP contribution is 2.09. The lowest BCUT2D eigenvalue weighted by Crippen LogP contribution is -1.91. The highest BCUT2D eigenvalue weighted by Gasteiger charge is 2.03. The van der Waals surface area contributed by atoms with Gasteiger partial charge in [-0.1, -0.05) is 0 Å². The summed E-state index contributed by atoms with van der Waals surface area (Å²) in [6, 6.07) is 0. The molecule has 0 bridgehead atoms. The predicted octanol–water partition coefficient (Wildman–Crippen LogP) is 2.50. The summed E-state index contributed by atoms with van der Waals surface area (Å²) in [4.78, 5) is 19.4. The fraction of sp³-hybridized carbons (Fsp3) is 0. The maximum atomic E-state index is 11.4. The molecule has 0 aliphatic heterocycles. The van der Waals surface area contributed by atoms with Gasteiger partial charge in [0.1, 0.15) is 5.01 Å². The van der Waals surface area contributed by atoms with Crippen LogP contribution in [0.3, 0.4) is 0 Å². The molecule has 0 aliphatic rings. The number of carbonyl (C=O) groups excluding carboxylic acids is 1. The van der Waals surface area contributed by atoms with Crippen molar-refractivity contribution in [3.8, 4) is 0 Å². The molecule has 0 fully saturated rings. The van der Waals surface area contributed by atoms with E-state index < -0.39 is 0 Å². The number of carbonyl (C=O) groups is 1. The number of thiazole rings is 2. The number of rotatable bonds is 3. The van der Waals surface area contributed by atoms with E-state index >= 15 is 0 Å². The molecule has 0 aliphatic carbocycles. The van der Waals surface area contributed by atoms with E-state index in [0.717, 1.165) is 5.01 Å². The van der Waals surface area contributed by atoms with Crippen LogP contribution in [-0.2, 0) is 0 Å². The number of ketones is 1. The number of allylic oxidation sites excluding steroid dienone is 1. The number of hydrogen-bond acceptors (Lipinski definition) is 5. The van der Waals surface area contributed by atoms with Crippen LogP contribution in [0.4, 0.5) is 0 Å². The molecule has 2 rings (SSSR count). The summed E-state index contributed by atoms with van der Waals surface area (Å²) >= 11 is 2.83. The second-order valence-corrected chi connectivity index (χ2v) is 4.23. The second-order valence-electron chi connectivity index (χ2n) is 2.41. The van der Waals surface area contributed by atoms with Gasteiger partial charge in [-0.3, -0.25) is 4.79 Å². The first-order valence-electron chi connectivity index (χ1n) is 3.87. The Bertz CT molecular complexity index is 431. The summed E-state index contributed by atoms with van der Waals surface area (Å²) in [5, 5.41) is 4.99. The van der Waals surface area contributed by atoms with Gasteiger partial charge in [-0.05, 0) is 12.2 Å². The third-order valence-corrected chi connectivity index (χ3v) is 3.00. The first kappa shape index (κ1) is 9.23. The SMILES string of the molecule is O=C(C=Cc1nccs1)c1nccs1. The molecule has 2 aromatic rings. The molecular formula is C9H6N2OS2. The van der Waals surface area contributed by atoms with Crippen molar-refractivity contribution in [2.75, 3.05) is 0 Å². The average molecular weight is 222 g/mol. The Kier molecular flexibility index (Phi) is 2.81. The van der Waals surface area contributed by atoms with E-state index in [1.54, 1.807) is 23.8 Å². The van der Waals surface area contributed by atoms with Gasteiger partial charge in [0, 0.05) is 23.2 Å². The van der Waals surface area contributed by atoms with E-state index in [-0.39, 0.29) is 5.78 Å². The van der Waals surface area contributed by atoms with Crippen molar-refractivity contribution in [3.05, 3.63) is 39.2 Å². The maximum Gasteiger partial charge on any atom is 0.214 e. The summed E-state index contributed by atoms with van der Waals surface area (Å²) in [5.41, 5.74) is 0. The first-order chi connectivity index (χ1) is 6.86. The van der Waals surface area contributed by atoms with Gasteiger partial charge in [0.2, 0.25) is 5.78 Å². The van der Waals surface area contributed by atoms with Gasteiger partial charge >= 0.3 is 0 Å². The highest BCUT2D eigenvalue weighted by molar-refractivity contribution is 7.12. The Morgan fingerprint density at radius 1 is 1.21 bits per heavy atom. The standard InChI is InChI=1S/C9H6N2OS2/c12-7(9-11-4-6-14-9)1-2-8-10-3-5-13-8/h1-6H. The zero-order valence-corrected chi connectivity index (χ0v) is 8.72. The molecule has 0 amide bonds. The molecule has 0 atom stereocenters. The third kappa shape index (κ3) is 2.12. The molecule has 5 heteroatoms. The summed E-state index contributed by atoms with van der Waals surface area (Å²) in [7, 11) is 0. The molecule has 0 unspecified atom stereocenters. The average Bonchev–Trinajstić information content (AvgIpc) is 2.87. The van der Waals surface area contributed by atoms with Crippen LogP contribution in [0.5, 0.6) is 0 Å². The van der Waals surface area contributed by atoms with Crippen LogP contribution in [0.1, 0.15) is 14.8 Å². The summed E-state index contributed by atoms with van der Waals surface area (Å²) in [5.74, 6) is -0.0739. The lowest BCUT2D eigenvalue weighted by molar-refractivity contribution is 0.104. The van der Waals surface area contributed by atoms with Crippen molar-refractivity contribution < 1.29 is 4.79 Å². The molecule has 0 N–H and O–H groups in total. The van der Waals surface area contributed by atoms with E-state index in [0.29, 0.717) is 5.01 Å². The quantitative estimate of drug-likeness (QED) is 0.592. The molecule has 2 heterocycles. The van der Waals surface area contributed by atoms with Gasteiger partial charge < -0.3 is 0 Å². The third-order valence-electron chi connectivity index (χ3n) is 1.47. The van der Waals surface area contributed by atoms with Crippen LogP contribution in [0, 0.1) is 0 Å². The van der Waals surface area contributed by atoms with Crippen molar-refractivity contribution in [1.82, 2.24) is 9.97 Å². The van der Waals surface area contributed by atoms with E-state index in [2.05, 4.69) is 9.97 Å². The maximum absolute atomic E-state index is 11.4. The van der Waals surface area contributed by atoms with Crippen molar-refractivity contribution >= 4 is 34.5 Å². The van der Waals surface area contributed by atoms with E-state index in [4.69, 9.17) is 0 Å². The van der Waals surface area contributed by atoms with Crippen molar-refractivity contribution in [2.24, 2.45) is 0 Å². The van der Waals surface area contributed by atoms with E-state index in [9.17, 15) is 4.79 Å². The van der Waals surface area contributed by atoms with Crippen LogP contribution >= 0.6 is 22.7 Å². The summed E-state index contributed by atoms with van der Waals surface area (Å²) in [6.45, 7) is 0. The number of aromatic nitrogens is 2. The molecule has 0 radical (unpaired) electrons. The topological polar surface area (TPSA) is 42.9 Å². The Hall–Kier alpha value is -1.33. The molecule has 2 aromatic heterocycles. The van der Waals surface area contributed by atoms with Gasteiger partial charge in [0.15, 0.2) is 5.01 Å². The molecule has 0 aromatic carbocycles. The smallest absolute Gasteiger partial charge is 0.214 e. The molecule has 3 nitrogen and oxygen atoms in total. The Morgan fingerprint density at radius 3 is 2.64 bits per heavy atom. The molecule has 0 saturated carbocycles. The van der Waals surface area contributed by atoms with Crippen molar-refractivity contribution in [2.45, 2.75) is 0 Å². The normalized spacial score (nSPS) is 10.9. The number of hydrogen-bond donors (Lipinski definition) is 0. The van der Waals surface area contributed by atoms with Gasteiger partial charge in [0.05, 0.1) is 0 Å². The molecule has 14 heavy (non-hydrogen) atoms. The monoisotopic (exact) mass is 222 g/mol. The van der Waals surface area contributed by atoms with Crippen LogP contribution in [0.25, 0.3) is 6.08 Å². The largest absolute Gasteiger partial charge is 0.287 e. The van der Waals surface area contributed by atoms with Crippen LogP contribution in [0.2, 0.25) is 0 Å². The first-order valence-corrected chi connectivity index (χ1v) is 5.63.